The molecule has 0 spiro atoms. The molecule has 2 fully saturated rings. The lowest BCUT2D eigenvalue weighted by atomic mass is 10.1. The van der Waals surface area contributed by atoms with E-state index in [9.17, 15) is 13.2 Å². The van der Waals surface area contributed by atoms with Crippen LogP contribution < -0.4 is 5.73 Å². The number of rotatable bonds is 4. The summed E-state index contributed by atoms with van der Waals surface area (Å²) >= 11 is 0. The van der Waals surface area contributed by atoms with E-state index in [0.29, 0.717) is 19.1 Å². The van der Waals surface area contributed by atoms with Crippen LogP contribution in [0.25, 0.3) is 0 Å². The maximum absolute atomic E-state index is 12.9. The monoisotopic (exact) mass is 308 g/mol. The molecule has 0 amide bonds. The SMILES string of the molecule is NC(=NO)C(CN1CCN(C2CCCC2)CC1)C(F)(F)F. The fraction of sp³-hybridized carbons (Fsp3) is 0.923. The Hall–Kier alpha value is -1.02. The maximum Gasteiger partial charge on any atom is 0.400 e. The standard InChI is InChI=1S/C13H23F3N4O/c14-13(15,16)11(12(17)18-21)9-19-5-7-20(8-6-19)10-3-1-2-4-10/h10-11,21H,1-9H2,(H2,17,18). The van der Waals surface area contributed by atoms with Gasteiger partial charge >= 0.3 is 6.18 Å². The van der Waals surface area contributed by atoms with Crippen LogP contribution in [-0.4, -0.2) is 65.8 Å². The zero-order valence-corrected chi connectivity index (χ0v) is 12.0. The molecule has 0 bridgehead atoms. The van der Waals surface area contributed by atoms with Crippen molar-refractivity contribution < 1.29 is 18.4 Å². The molecule has 1 atom stereocenters. The number of piperazine rings is 1. The van der Waals surface area contributed by atoms with Crippen molar-refractivity contribution in [3.8, 4) is 0 Å². The van der Waals surface area contributed by atoms with E-state index in [-0.39, 0.29) is 6.54 Å². The van der Waals surface area contributed by atoms with E-state index in [4.69, 9.17) is 10.9 Å². The summed E-state index contributed by atoms with van der Waals surface area (Å²) < 4.78 is 38.8. The van der Waals surface area contributed by atoms with Crippen LogP contribution in [0.1, 0.15) is 25.7 Å². The molecule has 8 heteroatoms. The lowest BCUT2D eigenvalue weighted by Gasteiger charge is -2.39. The van der Waals surface area contributed by atoms with Gasteiger partial charge in [0.15, 0.2) is 5.84 Å². The van der Waals surface area contributed by atoms with E-state index in [1.807, 2.05) is 0 Å². The largest absolute Gasteiger partial charge is 0.409 e. The van der Waals surface area contributed by atoms with Crippen LogP contribution in [0.3, 0.4) is 0 Å². The first-order valence-corrected chi connectivity index (χ1v) is 7.42. The van der Waals surface area contributed by atoms with Gasteiger partial charge in [0.25, 0.3) is 0 Å². The summed E-state index contributed by atoms with van der Waals surface area (Å²) in [5, 5.41) is 11.1. The molecule has 2 aliphatic rings. The Balaban J connectivity index is 1.86. The van der Waals surface area contributed by atoms with Crippen LogP contribution in [0.15, 0.2) is 5.16 Å². The first-order chi connectivity index (χ1) is 9.91. The Morgan fingerprint density at radius 3 is 2.24 bits per heavy atom. The highest BCUT2D eigenvalue weighted by Gasteiger charge is 2.44. The van der Waals surface area contributed by atoms with E-state index in [1.54, 1.807) is 4.90 Å². The molecule has 1 saturated heterocycles. The minimum absolute atomic E-state index is 0.238. The molecular weight excluding hydrogens is 285 g/mol. The van der Waals surface area contributed by atoms with Crippen molar-refractivity contribution in [2.75, 3.05) is 32.7 Å². The second-order valence-corrected chi connectivity index (χ2v) is 5.89. The van der Waals surface area contributed by atoms with Crippen molar-refractivity contribution in [3.05, 3.63) is 0 Å². The van der Waals surface area contributed by atoms with Crippen LogP contribution in [0, 0.1) is 5.92 Å². The first-order valence-electron chi connectivity index (χ1n) is 7.42. The smallest absolute Gasteiger partial charge is 0.400 e. The Morgan fingerprint density at radius 2 is 1.76 bits per heavy atom. The van der Waals surface area contributed by atoms with Gasteiger partial charge in [-0.3, -0.25) is 9.80 Å². The normalized spacial score (nSPS) is 25.4. The van der Waals surface area contributed by atoms with E-state index >= 15 is 0 Å². The Kier molecular flexibility index (Phi) is 5.32. The Labute approximate surface area is 122 Å². The molecule has 0 radical (unpaired) electrons. The maximum atomic E-state index is 12.9. The lowest BCUT2D eigenvalue weighted by molar-refractivity contribution is -0.161. The molecule has 0 aromatic heterocycles. The van der Waals surface area contributed by atoms with Gasteiger partial charge < -0.3 is 10.9 Å². The van der Waals surface area contributed by atoms with Crippen molar-refractivity contribution in [2.24, 2.45) is 16.8 Å². The van der Waals surface area contributed by atoms with Gasteiger partial charge in [0.1, 0.15) is 5.92 Å². The molecule has 0 aromatic carbocycles. The predicted molar refractivity (Wildman–Crippen MR) is 73.2 cm³/mol. The lowest BCUT2D eigenvalue weighted by Crippen LogP contribution is -2.53. The molecule has 5 nitrogen and oxygen atoms in total. The predicted octanol–water partition coefficient (Wildman–Crippen LogP) is 1.47. The van der Waals surface area contributed by atoms with Crippen molar-refractivity contribution in [1.82, 2.24) is 9.80 Å². The average molecular weight is 308 g/mol. The average Bonchev–Trinajstić information content (AvgIpc) is 2.97. The minimum Gasteiger partial charge on any atom is -0.409 e. The topological polar surface area (TPSA) is 65.1 Å². The van der Waals surface area contributed by atoms with Crippen LogP contribution >= 0.6 is 0 Å². The van der Waals surface area contributed by atoms with Gasteiger partial charge in [-0.1, -0.05) is 18.0 Å². The Morgan fingerprint density at radius 1 is 1.19 bits per heavy atom. The number of hydrogen-bond donors (Lipinski definition) is 2. The molecule has 1 aliphatic heterocycles. The molecule has 1 saturated carbocycles. The van der Waals surface area contributed by atoms with Gasteiger partial charge in [-0.2, -0.15) is 13.2 Å². The van der Waals surface area contributed by atoms with Gasteiger partial charge in [0, 0.05) is 38.8 Å². The summed E-state index contributed by atoms with van der Waals surface area (Å²) in [6.45, 7) is 2.55. The summed E-state index contributed by atoms with van der Waals surface area (Å²) in [5.41, 5.74) is 5.19. The fourth-order valence-electron chi connectivity index (χ4n) is 3.27. The Bertz CT molecular complexity index is 361. The molecular formula is C13H23F3N4O. The van der Waals surface area contributed by atoms with Gasteiger partial charge in [-0.05, 0) is 12.8 Å². The second-order valence-electron chi connectivity index (χ2n) is 5.89. The third kappa shape index (κ3) is 4.23. The number of amidine groups is 1. The van der Waals surface area contributed by atoms with E-state index < -0.39 is 17.9 Å². The second kappa shape index (κ2) is 6.83. The highest BCUT2D eigenvalue weighted by Crippen LogP contribution is 2.28. The highest BCUT2D eigenvalue weighted by atomic mass is 19.4. The van der Waals surface area contributed by atoms with Crippen molar-refractivity contribution in [2.45, 2.75) is 37.9 Å². The van der Waals surface area contributed by atoms with E-state index in [0.717, 1.165) is 13.1 Å². The van der Waals surface area contributed by atoms with Crippen molar-refractivity contribution >= 4 is 5.84 Å². The van der Waals surface area contributed by atoms with E-state index in [1.165, 1.54) is 25.7 Å². The summed E-state index contributed by atoms with van der Waals surface area (Å²) in [6, 6.07) is 0.606. The minimum atomic E-state index is -4.49. The molecule has 122 valence electrons. The number of nitrogens with two attached hydrogens (primary N) is 1. The summed E-state index contributed by atoms with van der Waals surface area (Å²) in [6.07, 6.45) is 0.429. The molecule has 2 rings (SSSR count). The zero-order chi connectivity index (χ0) is 15.5. The number of hydrogen-bond acceptors (Lipinski definition) is 4. The molecule has 1 aliphatic carbocycles. The van der Waals surface area contributed by atoms with Crippen molar-refractivity contribution in [1.29, 1.82) is 0 Å². The molecule has 3 N–H and O–H groups in total. The molecule has 0 aromatic rings. The number of alkyl halides is 3. The number of oxime groups is 1. The van der Waals surface area contributed by atoms with Gasteiger partial charge in [0.2, 0.25) is 0 Å². The summed E-state index contributed by atoms with van der Waals surface area (Å²) in [4.78, 5) is 4.14. The quantitative estimate of drug-likeness (QED) is 0.357. The van der Waals surface area contributed by atoms with Crippen molar-refractivity contribution in [3.63, 3.8) is 0 Å². The van der Waals surface area contributed by atoms with Crippen LogP contribution in [0.4, 0.5) is 13.2 Å². The highest BCUT2D eigenvalue weighted by molar-refractivity contribution is 5.83. The molecule has 1 unspecified atom stereocenters. The van der Waals surface area contributed by atoms with Gasteiger partial charge in [-0.15, -0.1) is 0 Å². The van der Waals surface area contributed by atoms with Crippen LogP contribution in [-0.2, 0) is 0 Å². The van der Waals surface area contributed by atoms with Crippen LogP contribution in [0.5, 0.6) is 0 Å². The third-order valence-electron chi connectivity index (χ3n) is 4.56. The number of nitrogens with zero attached hydrogens (tertiary/aromatic N) is 3. The number of halogens is 3. The third-order valence-corrected chi connectivity index (χ3v) is 4.56. The van der Waals surface area contributed by atoms with Gasteiger partial charge in [0.05, 0.1) is 0 Å². The van der Waals surface area contributed by atoms with Gasteiger partial charge in [-0.25, -0.2) is 0 Å². The zero-order valence-electron chi connectivity index (χ0n) is 12.0. The molecule has 21 heavy (non-hydrogen) atoms. The van der Waals surface area contributed by atoms with E-state index in [2.05, 4.69) is 10.1 Å². The van der Waals surface area contributed by atoms with Crippen LogP contribution in [0.2, 0.25) is 0 Å². The molecule has 1 heterocycles. The first kappa shape index (κ1) is 16.4. The fourth-order valence-corrected chi connectivity index (χ4v) is 3.27. The summed E-state index contributed by atoms with van der Waals surface area (Å²) in [5.74, 6) is -2.67. The summed E-state index contributed by atoms with van der Waals surface area (Å²) in [7, 11) is 0.